The fourth-order valence-electron chi connectivity index (χ4n) is 1.05. The van der Waals surface area contributed by atoms with Crippen LogP contribution in [0.5, 0.6) is 0 Å². The summed E-state index contributed by atoms with van der Waals surface area (Å²) >= 11 is 3.15. The van der Waals surface area contributed by atoms with Gasteiger partial charge in [0.2, 0.25) is 0 Å². The molecule has 6 heteroatoms. The SMILES string of the molecule is CNc1c(Br)cc(C#N)cc1[N+](=O)[O-]. The van der Waals surface area contributed by atoms with Crippen molar-refractivity contribution < 1.29 is 4.92 Å². The molecule has 0 spiro atoms. The molecule has 0 unspecified atom stereocenters. The van der Waals surface area contributed by atoms with Gasteiger partial charge in [-0.1, -0.05) is 0 Å². The highest BCUT2D eigenvalue weighted by Gasteiger charge is 2.17. The van der Waals surface area contributed by atoms with Crippen molar-refractivity contribution in [1.29, 1.82) is 5.26 Å². The molecule has 0 aliphatic rings. The second kappa shape index (κ2) is 4.07. The number of halogens is 1. The Morgan fingerprint density at radius 3 is 2.71 bits per heavy atom. The first-order valence-corrected chi connectivity index (χ1v) is 4.45. The first-order chi connectivity index (χ1) is 6.60. The molecule has 0 fully saturated rings. The highest BCUT2D eigenvalue weighted by Crippen LogP contribution is 2.33. The van der Waals surface area contributed by atoms with Gasteiger partial charge in [-0.3, -0.25) is 10.1 Å². The van der Waals surface area contributed by atoms with E-state index in [4.69, 9.17) is 5.26 Å². The van der Waals surface area contributed by atoms with Gasteiger partial charge >= 0.3 is 0 Å². The Hall–Kier alpha value is -1.61. The van der Waals surface area contributed by atoms with Crippen molar-refractivity contribution in [3.8, 4) is 6.07 Å². The van der Waals surface area contributed by atoms with E-state index in [1.165, 1.54) is 12.1 Å². The number of nitro benzene ring substituents is 1. The largest absolute Gasteiger partial charge is 0.382 e. The van der Waals surface area contributed by atoms with Crippen LogP contribution in [0.4, 0.5) is 11.4 Å². The lowest BCUT2D eigenvalue weighted by Gasteiger charge is -2.04. The summed E-state index contributed by atoms with van der Waals surface area (Å²) in [4.78, 5) is 10.1. The van der Waals surface area contributed by atoms with E-state index in [9.17, 15) is 10.1 Å². The molecule has 14 heavy (non-hydrogen) atoms. The molecule has 0 heterocycles. The predicted octanol–water partition coefficient (Wildman–Crippen LogP) is 2.27. The van der Waals surface area contributed by atoms with Crippen LogP contribution in [0.15, 0.2) is 16.6 Å². The number of benzene rings is 1. The number of nitrogens with one attached hydrogen (secondary N) is 1. The monoisotopic (exact) mass is 255 g/mol. The average molecular weight is 256 g/mol. The normalized spacial score (nSPS) is 9.21. The van der Waals surface area contributed by atoms with Crippen LogP contribution in [-0.4, -0.2) is 12.0 Å². The molecule has 0 aromatic heterocycles. The minimum atomic E-state index is -0.530. The van der Waals surface area contributed by atoms with Gasteiger partial charge < -0.3 is 5.32 Å². The van der Waals surface area contributed by atoms with Gasteiger partial charge in [0.1, 0.15) is 5.69 Å². The van der Waals surface area contributed by atoms with Crippen molar-refractivity contribution in [1.82, 2.24) is 0 Å². The van der Waals surface area contributed by atoms with Crippen LogP contribution in [0.3, 0.4) is 0 Å². The van der Waals surface area contributed by atoms with Crippen LogP contribution in [-0.2, 0) is 0 Å². The number of hydrogen-bond acceptors (Lipinski definition) is 4. The molecular weight excluding hydrogens is 250 g/mol. The van der Waals surface area contributed by atoms with Gasteiger partial charge in [-0.05, 0) is 22.0 Å². The number of rotatable bonds is 2. The van der Waals surface area contributed by atoms with E-state index in [1.54, 1.807) is 7.05 Å². The molecule has 72 valence electrons. The highest BCUT2D eigenvalue weighted by atomic mass is 79.9. The maximum atomic E-state index is 10.6. The Kier molecular flexibility index (Phi) is 3.04. The third kappa shape index (κ3) is 1.83. The molecule has 1 N–H and O–H groups in total. The molecular formula is C8H6BrN3O2. The summed E-state index contributed by atoms with van der Waals surface area (Å²) < 4.78 is 0.505. The molecule has 0 amide bonds. The minimum Gasteiger partial charge on any atom is -0.382 e. The zero-order valence-corrected chi connectivity index (χ0v) is 8.83. The Labute approximate surface area is 88.6 Å². The van der Waals surface area contributed by atoms with Crippen LogP contribution in [0.2, 0.25) is 0 Å². The van der Waals surface area contributed by atoms with E-state index in [2.05, 4.69) is 21.2 Å². The Bertz CT molecular complexity index is 425. The minimum absolute atomic E-state index is 0.113. The molecule has 0 radical (unpaired) electrons. The maximum absolute atomic E-state index is 10.6. The fraction of sp³-hybridized carbons (Fsp3) is 0.125. The van der Waals surface area contributed by atoms with E-state index < -0.39 is 4.92 Å². The molecule has 0 saturated heterocycles. The molecule has 0 aliphatic carbocycles. The van der Waals surface area contributed by atoms with E-state index in [0.29, 0.717) is 10.2 Å². The van der Waals surface area contributed by atoms with Crippen molar-refractivity contribution in [3.05, 3.63) is 32.3 Å². The van der Waals surface area contributed by atoms with Gasteiger partial charge in [0.25, 0.3) is 5.69 Å². The zero-order chi connectivity index (χ0) is 10.7. The van der Waals surface area contributed by atoms with E-state index in [1.807, 2.05) is 6.07 Å². The van der Waals surface area contributed by atoms with Gasteiger partial charge in [-0.25, -0.2) is 0 Å². The average Bonchev–Trinajstić information content (AvgIpc) is 2.16. The standard InChI is InChI=1S/C8H6BrN3O2/c1-11-8-6(9)2-5(4-10)3-7(8)12(13)14/h2-3,11H,1H3. The van der Waals surface area contributed by atoms with Gasteiger partial charge in [0.05, 0.1) is 16.6 Å². The summed E-state index contributed by atoms with van der Waals surface area (Å²) in [5, 5.41) is 22.0. The lowest BCUT2D eigenvalue weighted by atomic mass is 10.2. The summed E-state index contributed by atoms with van der Waals surface area (Å²) in [5.74, 6) is 0. The summed E-state index contributed by atoms with van der Waals surface area (Å²) in [6.07, 6.45) is 0. The van der Waals surface area contributed by atoms with Gasteiger partial charge in [-0.15, -0.1) is 0 Å². The van der Waals surface area contributed by atoms with Gasteiger partial charge in [0.15, 0.2) is 0 Å². The number of nitrogens with zero attached hydrogens (tertiary/aromatic N) is 2. The summed E-state index contributed by atoms with van der Waals surface area (Å²) in [7, 11) is 1.58. The topological polar surface area (TPSA) is 79.0 Å². The van der Waals surface area contributed by atoms with Gasteiger partial charge in [-0.2, -0.15) is 5.26 Å². The van der Waals surface area contributed by atoms with Gasteiger partial charge in [0, 0.05) is 17.6 Å². The van der Waals surface area contributed by atoms with Crippen molar-refractivity contribution in [3.63, 3.8) is 0 Å². The van der Waals surface area contributed by atoms with Crippen molar-refractivity contribution in [2.75, 3.05) is 12.4 Å². The lowest BCUT2D eigenvalue weighted by molar-refractivity contribution is -0.384. The quantitative estimate of drug-likeness (QED) is 0.650. The highest BCUT2D eigenvalue weighted by molar-refractivity contribution is 9.10. The first kappa shape index (κ1) is 10.5. The molecule has 0 aliphatic heterocycles. The second-order valence-corrected chi connectivity index (χ2v) is 3.33. The summed E-state index contributed by atoms with van der Waals surface area (Å²) in [6.45, 7) is 0. The first-order valence-electron chi connectivity index (χ1n) is 3.66. The predicted molar refractivity (Wildman–Crippen MR) is 55.1 cm³/mol. The molecule has 1 rings (SSSR count). The van der Waals surface area contributed by atoms with Crippen LogP contribution in [0.1, 0.15) is 5.56 Å². The van der Waals surface area contributed by atoms with E-state index in [-0.39, 0.29) is 11.3 Å². The summed E-state index contributed by atoms with van der Waals surface area (Å²) in [6, 6.07) is 4.61. The lowest BCUT2D eigenvalue weighted by Crippen LogP contribution is -1.98. The van der Waals surface area contributed by atoms with E-state index >= 15 is 0 Å². The number of nitriles is 1. The summed E-state index contributed by atoms with van der Waals surface area (Å²) in [5.41, 5.74) is 0.509. The maximum Gasteiger partial charge on any atom is 0.294 e. The molecule has 5 nitrogen and oxygen atoms in total. The number of anilines is 1. The molecule has 1 aromatic carbocycles. The van der Waals surface area contributed by atoms with Crippen LogP contribution >= 0.6 is 15.9 Å². The molecule has 0 bridgehead atoms. The third-order valence-corrected chi connectivity index (χ3v) is 2.27. The van der Waals surface area contributed by atoms with Crippen molar-refractivity contribution >= 4 is 27.3 Å². The Balaban J connectivity index is 3.45. The van der Waals surface area contributed by atoms with Crippen LogP contribution in [0.25, 0.3) is 0 Å². The Morgan fingerprint density at radius 2 is 2.29 bits per heavy atom. The fourth-order valence-corrected chi connectivity index (χ4v) is 1.70. The number of hydrogen-bond donors (Lipinski definition) is 1. The van der Waals surface area contributed by atoms with Crippen molar-refractivity contribution in [2.24, 2.45) is 0 Å². The van der Waals surface area contributed by atoms with Crippen molar-refractivity contribution in [2.45, 2.75) is 0 Å². The number of nitro groups is 1. The molecule has 0 atom stereocenters. The third-order valence-electron chi connectivity index (χ3n) is 1.65. The zero-order valence-electron chi connectivity index (χ0n) is 7.24. The smallest absolute Gasteiger partial charge is 0.294 e. The van der Waals surface area contributed by atoms with Crippen LogP contribution in [0, 0.1) is 21.4 Å². The van der Waals surface area contributed by atoms with Crippen LogP contribution < -0.4 is 5.32 Å². The Morgan fingerprint density at radius 1 is 1.64 bits per heavy atom. The van der Waals surface area contributed by atoms with E-state index in [0.717, 1.165) is 0 Å². The molecule has 1 aromatic rings. The molecule has 0 saturated carbocycles. The second-order valence-electron chi connectivity index (χ2n) is 2.47.